The third-order valence-electron chi connectivity index (χ3n) is 6.98. The monoisotopic (exact) mass is 488 g/mol. The van der Waals surface area contributed by atoms with Crippen LogP contribution in [0.3, 0.4) is 0 Å². The molecule has 0 aliphatic carbocycles. The molecule has 2 atom stereocenters. The lowest BCUT2D eigenvalue weighted by Gasteiger charge is -2.30. The number of benzene rings is 3. The highest BCUT2D eigenvalue weighted by molar-refractivity contribution is 5.94. The number of methoxy groups -OCH3 is 1. The van der Waals surface area contributed by atoms with Gasteiger partial charge in [-0.1, -0.05) is 55.8 Å². The molecule has 0 N–H and O–H groups in total. The van der Waals surface area contributed by atoms with Crippen LogP contribution in [0.1, 0.15) is 46.8 Å². The maximum atomic E-state index is 13.5. The van der Waals surface area contributed by atoms with Crippen molar-refractivity contribution in [2.75, 3.05) is 33.3 Å². The van der Waals surface area contributed by atoms with Gasteiger partial charge in [0.05, 0.1) is 7.11 Å². The van der Waals surface area contributed by atoms with Gasteiger partial charge in [0, 0.05) is 44.2 Å². The van der Waals surface area contributed by atoms with Gasteiger partial charge >= 0.3 is 0 Å². The number of rotatable bonds is 9. The van der Waals surface area contributed by atoms with Crippen LogP contribution in [0.2, 0.25) is 0 Å². The molecule has 1 amide bonds. The SMILES string of the molecule is COc1cccc([C@H]2CN(Cc3ccc(C)cc3)C[C@H]2CN(CC(C)C)C(=O)c2ccc(F)cc2)c1. The minimum Gasteiger partial charge on any atom is -0.497 e. The largest absolute Gasteiger partial charge is 0.497 e. The van der Waals surface area contributed by atoms with E-state index in [4.69, 9.17) is 4.74 Å². The first kappa shape index (κ1) is 25.9. The van der Waals surface area contributed by atoms with Crippen molar-refractivity contribution in [1.82, 2.24) is 9.80 Å². The fourth-order valence-electron chi connectivity index (χ4n) is 5.22. The van der Waals surface area contributed by atoms with E-state index in [-0.39, 0.29) is 23.6 Å². The lowest BCUT2D eigenvalue weighted by molar-refractivity contribution is 0.0703. The molecule has 4 nitrogen and oxygen atoms in total. The molecule has 1 fully saturated rings. The average molecular weight is 489 g/mol. The zero-order valence-corrected chi connectivity index (χ0v) is 21.8. The van der Waals surface area contributed by atoms with Gasteiger partial charge in [0.25, 0.3) is 5.91 Å². The summed E-state index contributed by atoms with van der Waals surface area (Å²) in [6.07, 6.45) is 0. The Kier molecular flexibility index (Phi) is 8.42. The minimum atomic E-state index is -0.331. The fourth-order valence-corrected chi connectivity index (χ4v) is 5.22. The molecule has 1 aliphatic rings. The summed E-state index contributed by atoms with van der Waals surface area (Å²) < 4.78 is 19.0. The first-order chi connectivity index (χ1) is 17.3. The summed E-state index contributed by atoms with van der Waals surface area (Å²) in [7, 11) is 1.70. The van der Waals surface area contributed by atoms with E-state index in [1.54, 1.807) is 19.2 Å². The van der Waals surface area contributed by atoms with E-state index in [0.717, 1.165) is 25.4 Å². The van der Waals surface area contributed by atoms with Gasteiger partial charge in [-0.3, -0.25) is 9.69 Å². The van der Waals surface area contributed by atoms with Crippen LogP contribution in [0.4, 0.5) is 4.39 Å². The van der Waals surface area contributed by atoms with Crippen LogP contribution in [-0.2, 0) is 6.54 Å². The molecule has 0 unspecified atom stereocenters. The molecule has 4 rings (SSSR count). The van der Waals surface area contributed by atoms with Gasteiger partial charge in [0.1, 0.15) is 11.6 Å². The van der Waals surface area contributed by atoms with E-state index >= 15 is 0 Å². The quantitative estimate of drug-likeness (QED) is 0.362. The number of amides is 1. The summed E-state index contributed by atoms with van der Waals surface area (Å²) in [5.41, 5.74) is 4.33. The third-order valence-corrected chi connectivity index (χ3v) is 6.98. The predicted octanol–water partition coefficient (Wildman–Crippen LogP) is 6.16. The Labute approximate surface area is 214 Å². The molecule has 1 aliphatic heterocycles. The van der Waals surface area contributed by atoms with Gasteiger partial charge in [-0.15, -0.1) is 0 Å². The second kappa shape index (κ2) is 11.7. The molecular formula is C31H37FN2O2. The number of hydrogen-bond donors (Lipinski definition) is 0. The molecule has 0 spiro atoms. The summed E-state index contributed by atoms with van der Waals surface area (Å²) in [6.45, 7) is 10.4. The van der Waals surface area contributed by atoms with Crippen molar-refractivity contribution in [3.05, 3.63) is 101 Å². The van der Waals surface area contributed by atoms with Crippen molar-refractivity contribution in [1.29, 1.82) is 0 Å². The van der Waals surface area contributed by atoms with E-state index in [2.05, 4.69) is 62.1 Å². The number of likely N-dealkylation sites (tertiary alicyclic amines) is 1. The number of halogens is 1. The Hall–Kier alpha value is -3.18. The van der Waals surface area contributed by atoms with E-state index in [9.17, 15) is 9.18 Å². The van der Waals surface area contributed by atoms with Crippen molar-refractivity contribution >= 4 is 5.91 Å². The molecule has 0 aromatic heterocycles. The second-order valence-electron chi connectivity index (χ2n) is 10.4. The van der Waals surface area contributed by atoms with Crippen molar-refractivity contribution in [3.8, 4) is 5.75 Å². The average Bonchev–Trinajstić information content (AvgIpc) is 3.27. The number of ether oxygens (including phenoxy) is 1. The number of aryl methyl sites for hydroxylation is 1. The predicted molar refractivity (Wildman–Crippen MR) is 143 cm³/mol. The first-order valence-corrected chi connectivity index (χ1v) is 12.8. The third kappa shape index (κ3) is 6.52. The molecule has 0 radical (unpaired) electrons. The minimum absolute atomic E-state index is 0.0370. The molecule has 3 aromatic rings. The van der Waals surface area contributed by atoms with Crippen molar-refractivity contribution in [2.45, 2.75) is 33.2 Å². The molecule has 190 valence electrons. The highest BCUT2D eigenvalue weighted by atomic mass is 19.1. The number of hydrogen-bond acceptors (Lipinski definition) is 3. The van der Waals surface area contributed by atoms with Crippen LogP contribution >= 0.6 is 0 Å². The molecule has 0 bridgehead atoms. The molecule has 0 saturated carbocycles. The molecule has 1 saturated heterocycles. The molecule has 3 aromatic carbocycles. The van der Waals surface area contributed by atoms with Gasteiger partial charge in [0.15, 0.2) is 0 Å². The highest BCUT2D eigenvalue weighted by Gasteiger charge is 2.36. The van der Waals surface area contributed by atoms with E-state index in [0.29, 0.717) is 24.6 Å². The van der Waals surface area contributed by atoms with Crippen LogP contribution in [0, 0.1) is 24.6 Å². The van der Waals surface area contributed by atoms with Gasteiger partial charge in [-0.2, -0.15) is 0 Å². The fraction of sp³-hybridized carbons (Fsp3) is 0.387. The van der Waals surface area contributed by atoms with Gasteiger partial charge in [-0.25, -0.2) is 4.39 Å². The number of carbonyl (C=O) groups is 1. The summed E-state index contributed by atoms with van der Waals surface area (Å²) in [5, 5.41) is 0. The highest BCUT2D eigenvalue weighted by Crippen LogP contribution is 2.36. The maximum absolute atomic E-state index is 13.5. The number of carbonyl (C=O) groups excluding carboxylic acids is 1. The van der Waals surface area contributed by atoms with E-state index < -0.39 is 0 Å². The lowest BCUT2D eigenvalue weighted by Crippen LogP contribution is -2.39. The van der Waals surface area contributed by atoms with Crippen molar-refractivity contribution in [2.24, 2.45) is 11.8 Å². The van der Waals surface area contributed by atoms with E-state index in [1.165, 1.54) is 28.8 Å². The van der Waals surface area contributed by atoms with E-state index in [1.807, 2.05) is 17.0 Å². The Morgan fingerprint density at radius 3 is 2.44 bits per heavy atom. The molecule has 1 heterocycles. The van der Waals surface area contributed by atoms with Crippen LogP contribution in [0.5, 0.6) is 5.75 Å². The number of nitrogens with zero attached hydrogens (tertiary/aromatic N) is 2. The molecular weight excluding hydrogens is 451 g/mol. The van der Waals surface area contributed by atoms with Gasteiger partial charge in [-0.05, 0) is 66.3 Å². The molecule has 5 heteroatoms. The smallest absolute Gasteiger partial charge is 0.253 e. The van der Waals surface area contributed by atoms with Crippen LogP contribution in [-0.4, -0.2) is 49.0 Å². The Morgan fingerprint density at radius 1 is 1.06 bits per heavy atom. The van der Waals surface area contributed by atoms with Gasteiger partial charge in [0.2, 0.25) is 0 Å². The zero-order valence-electron chi connectivity index (χ0n) is 21.8. The second-order valence-corrected chi connectivity index (χ2v) is 10.4. The normalized spacial score (nSPS) is 17.9. The van der Waals surface area contributed by atoms with Crippen molar-refractivity contribution < 1.29 is 13.9 Å². The Balaban J connectivity index is 1.59. The van der Waals surface area contributed by atoms with Crippen LogP contribution < -0.4 is 4.74 Å². The standard InChI is InChI=1S/C31H37FN2O2/c1-22(2)17-34(31(35)25-12-14-28(32)15-13-25)20-27-19-33(18-24-10-8-23(3)9-11-24)21-30(27)26-6-5-7-29(16-26)36-4/h5-16,22,27,30H,17-21H2,1-4H3/t27-,30+/m0/s1. The Morgan fingerprint density at radius 2 is 1.78 bits per heavy atom. The lowest BCUT2D eigenvalue weighted by atomic mass is 9.88. The maximum Gasteiger partial charge on any atom is 0.253 e. The van der Waals surface area contributed by atoms with Crippen LogP contribution in [0.25, 0.3) is 0 Å². The summed E-state index contributed by atoms with van der Waals surface area (Å²) in [4.78, 5) is 18.0. The topological polar surface area (TPSA) is 32.8 Å². The Bertz CT molecular complexity index is 1140. The first-order valence-electron chi connectivity index (χ1n) is 12.8. The molecule has 36 heavy (non-hydrogen) atoms. The van der Waals surface area contributed by atoms with Crippen LogP contribution in [0.15, 0.2) is 72.8 Å². The summed E-state index contributed by atoms with van der Waals surface area (Å²) in [6, 6.07) is 22.9. The summed E-state index contributed by atoms with van der Waals surface area (Å²) >= 11 is 0. The van der Waals surface area contributed by atoms with Crippen molar-refractivity contribution in [3.63, 3.8) is 0 Å². The zero-order chi connectivity index (χ0) is 25.7. The summed E-state index contributed by atoms with van der Waals surface area (Å²) in [5.74, 6) is 1.36. The van der Waals surface area contributed by atoms with Gasteiger partial charge < -0.3 is 9.64 Å².